The number of fused-ring (bicyclic) bond motifs is 1. The number of nitrogens with zero attached hydrogens (tertiary/aromatic N) is 1. The van der Waals surface area contributed by atoms with E-state index in [0.29, 0.717) is 18.7 Å². The Morgan fingerprint density at radius 1 is 1.48 bits per heavy atom. The molecule has 10 nitrogen and oxygen atoms in total. The molecule has 3 rings (SSSR count). The monoisotopic (exact) mass is 409 g/mol. The number of halogens is 1. The standard InChI is InChI=1S/C18H28FN7O3/c1-8-10(18(29)25-12-6-23-26-17(21)15(8)12)3-14(28)24-13(7-27)16-11(19)2-9(4-20)5-22-16/h9,11-13,15-17,22-23,26-27H,2-3,5-7,21H2,1H3,(H,24,28)(H,25,29)/t9?,11?,12?,13-,15?,16?,17?/m0/s1. The van der Waals surface area contributed by atoms with Gasteiger partial charge in [-0.1, -0.05) is 5.57 Å². The van der Waals surface area contributed by atoms with E-state index in [-0.39, 0.29) is 30.7 Å². The average molecular weight is 409 g/mol. The highest BCUT2D eigenvalue weighted by Crippen LogP contribution is 2.28. The number of aliphatic hydroxyl groups is 1. The van der Waals surface area contributed by atoms with Crippen molar-refractivity contribution in [3.63, 3.8) is 0 Å². The molecule has 0 saturated carbocycles. The van der Waals surface area contributed by atoms with Crippen LogP contribution in [0, 0.1) is 23.2 Å². The predicted octanol–water partition coefficient (Wildman–Crippen LogP) is -2.48. The summed E-state index contributed by atoms with van der Waals surface area (Å²) in [6, 6.07) is 0.199. The summed E-state index contributed by atoms with van der Waals surface area (Å²) in [4.78, 5) is 25.1. The maximum Gasteiger partial charge on any atom is 0.247 e. The van der Waals surface area contributed by atoms with Crippen LogP contribution in [0.4, 0.5) is 4.39 Å². The van der Waals surface area contributed by atoms with Gasteiger partial charge in [-0.15, -0.1) is 0 Å². The van der Waals surface area contributed by atoms with Crippen LogP contribution >= 0.6 is 0 Å². The fraction of sp³-hybridized carbons (Fsp3) is 0.722. The molecule has 3 aliphatic heterocycles. The highest BCUT2D eigenvalue weighted by Gasteiger charge is 2.40. The van der Waals surface area contributed by atoms with Gasteiger partial charge in [0.05, 0.1) is 49.3 Å². The Hall–Kier alpha value is -2.10. The Labute approximate surface area is 168 Å². The van der Waals surface area contributed by atoms with Crippen molar-refractivity contribution in [2.45, 2.75) is 50.2 Å². The average Bonchev–Trinajstić information content (AvgIpc) is 2.69. The van der Waals surface area contributed by atoms with Gasteiger partial charge in [0.1, 0.15) is 6.17 Å². The first kappa shape index (κ1) is 21.6. The van der Waals surface area contributed by atoms with Gasteiger partial charge in [0.25, 0.3) is 0 Å². The molecule has 7 atom stereocenters. The second-order valence-corrected chi connectivity index (χ2v) is 7.86. The van der Waals surface area contributed by atoms with Crippen LogP contribution in [0.15, 0.2) is 11.1 Å². The smallest absolute Gasteiger partial charge is 0.247 e. The van der Waals surface area contributed by atoms with E-state index in [9.17, 15) is 19.1 Å². The second-order valence-electron chi connectivity index (χ2n) is 7.86. The lowest BCUT2D eigenvalue weighted by atomic mass is 9.81. The van der Waals surface area contributed by atoms with Crippen LogP contribution in [0.5, 0.6) is 0 Å². The molecule has 0 aromatic heterocycles. The van der Waals surface area contributed by atoms with Crippen molar-refractivity contribution >= 4 is 11.8 Å². The number of alkyl halides is 1. The van der Waals surface area contributed by atoms with Crippen molar-refractivity contribution in [3.05, 3.63) is 11.1 Å². The molecular weight excluding hydrogens is 381 g/mol. The third-order valence-corrected chi connectivity index (χ3v) is 5.97. The summed E-state index contributed by atoms with van der Waals surface area (Å²) >= 11 is 0. The summed E-state index contributed by atoms with van der Waals surface area (Å²) in [6.45, 7) is 2.14. The molecule has 3 heterocycles. The van der Waals surface area contributed by atoms with Gasteiger partial charge in [-0.05, 0) is 13.3 Å². The number of hydrogen-bond acceptors (Lipinski definition) is 8. The normalized spacial score (nSPS) is 35.9. The fourth-order valence-electron chi connectivity index (χ4n) is 4.39. The molecule has 11 heteroatoms. The number of hydrogen-bond donors (Lipinski definition) is 7. The maximum atomic E-state index is 14.4. The number of piperidine rings is 1. The molecule has 160 valence electrons. The van der Waals surface area contributed by atoms with Crippen molar-refractivity contribution in [2.24, 2.45) is 17.6 Å². The predicted molar refractivity (Wildman–Crippen MR) is 101 cm³/mol. The third kappa shape index (κ3) is 4.57. The van der Waals surface area contributed by atoms with E-state index in [0.717, 1.165) is 5.57 Å². The number of nitrogens with one attached hydrogen (secondary N) is 5. The van der Waals surface area contributed by atoms with Crippen LogP contribution in [-0.2, 0) is 9.59 Å². The summed E-state index contributed by atoms with van der Waals surface area (Å²) in [5, 5.41) is 27.0. The SMILES string of the molecule is CC1=C(CC(=O)N[C@@H](CO)C2NCC(C#N)CC2F)C(=O)NC2CNNC(N)C12. The van der Waals surface area contributed by atoms with E-state index >= 15 is 0 Å². The van der Waals surface area contributed by atoms with E-state index in [1.807, 2.05) is 6.07 Å². The number of nitrogens with two attached hydrogens (primary N) is 1. The van der Waals surface area contributed by atoms with Gasteiger partial charge in [0, 0.05) is 24.6 Å². The van der Waals surface area contributed by atoms with Gasteiger partial charge in [-0.3, -0.25) is 15.0 Å². The van der Waals surface area contributed by atoms with Crippen LogP contribution in [-0.4, -0.2) is 67.1 Å². The van der Waals surface area contributed by atoms with Crippen molar-refractivity contribution in [3.8, 4) is 6.07 Å². The number of nitriles is 1. The minimum Gasteiger partial charge on any atom is -0.394 e. The van der Waals surface area contributed by atoms with Crippen molar-refractivity contribution < 1.29 is 19.1 Å². The van der Waals surface area contributed by atoms with Gasteiger partial charge < -0.3 is 26.8 Å². The zero-order valence-electron chi connectivity index (χ0n) is 16.2. The molecule has 2 saturated heterocycles. The molecule has 0 spiro atoms. The molecule has 6 unspecified atom stereocenters. The Kier molecular flexibility index (Phi) is 6.81. The number of aliphatic hydroxyl groups excluding tert-OH is 1. The lowest BCUT2D eigenvalue weighted by Crippen LogP contribution is -2.67. The van der Waals surface area contributed by atoms with Crippen LogP contribution < -0.4 is 32.5 Å². The first-order chi connectivity index (χ1) is 13.8. The van der Waals surface area contributed by atoms with E-state index < -0.39 is 42.9 Å². The maximum absolute atomic E-state index is 14.4. The van der Waals surface area contributed by atoms with Gasteiger partial charge in [0.2, 0.25) is 11.8 Å². The first-order valence-corrected chi connectivity index (χ1v) is 9.77. The zero-order valence-corrected chi connectivity index (χ0v) is 16.2. The van der Waals surface area contributed by atoms with Crippen molar-refractivity contribution in [1.29, 1.82) is 5.26 Å². The molecule has 0 aliphatic carbocycles. The second kappa shape index (κ2) is 9.15. The van der Waals surface area contributed by atoms with Crippen molar-refractivity contribution in [2.75, 3.05) is 19.7 Å². The Morgan fingerprint density at radius 2 is 2.24 bits per heavy atom. The summed E-state index contributed by atoms with van der Waals surface area (Å²) in [6.07, 6.45) is -1.93. The van der Waals surface area contributed by atoms with Gasteiger partial charge in [0.15, 0.2) is 0 Å². The largest absolute Gasteiger partial charge is 0.394 e. The fourth-order valence-corrected chi connectivity index (χ4v) is 4.39. The highest BCUT2D eigenvalue weighted by atomic mass is 19.1. The van der Waals surface area contributed by atoms with Gasteiger partial charge in [-0.2, -0.15) is 5.26 Å². The first-order valence-electron chi connectivity index (χ1n) is 9.77. The third-order valence-electron chi connectivity index (χ3n) is 5.97. The Morgan fingerprint density at radius 3 is 2.90 bits per heavy atom. The lowest BCUT2D eigenvalue weighted by Gasteiger charge is -2.42. The Bertz CT molecular complexity index is 725. The summed E-state index contributed by atoms with van der Waals surface area (Å²) < 4.78 is 14.4. The minimum atomic E-state index is -1.37. The van der Waals surface area contributed by atoms with Gasteiger partial charge >= 0.3 is 0 Å². The molecule has 0 bridgehead atoms. The number of rotatable bonds is 5. The summed E-state index contributed by atoms with van der Waals surface area (Å²) in [7, 11) is 0. The van der Waals surface area contributed by atoms with E-state index in [1.54, 1.807) is 6.92 Å². The number of carbonyl (C=O) groups is 2. The molecule has 0 aromatic rings. The van der Waals surface area contributed by atoms with Crippen molar-refractivity contribution in [1.82, 2.24) is 26.8 Å². The lowest BCUT2D eigenvalue weighted by molar-refractivity contribution is -0.125. The van der Waals surface area contributed by atoms with Crippen LogP contribution in [0.1, 0.15) is 19.8 Å². The number of hydrazine groups is 1. The quantitative estimate of drug-likeness (QED) is 0.262. The Balaban J connectivity index is 1.66. The number of amides is 2. The minimum absolute atomic E-state index is 0.0508. The van der Waals surface area contributed by atoms with E-state index in [4.69, 9.17) is 11.0 Å². The molecule has 29 heavy (non-hydrogen) atoms. The van der Waals surface area contributed by atoms with E-state index in [1.165, 1.54) is 0 Å². The molecule has 0 aromatic carbocycles. The molecule has 2 fully saturated rings. The highest BCUT2D eigenvalue weighted by molar-refractivity contribution is 6.00. The van der Waals surface area contributed by atoms with Crippen LogP contribution in [0.2, 0.25) is 0 Å². The number of carbonyl (C=O) groups excluding carboxylic acids is 2. The topological polar surface area (TPSA) is 164 Å². The summed E-state index contributed by atoms with van der Waals surface area (Å²) in [5.74, 6) is -1.40. The van der Waals surface area contributed by atoms with Crippen LogP contribution in [0.25, 0.3) is 0 Å². The molecular formula is C18H28FN7O3. The molecule has 2 amide bonds. The van der Waals surface area contributed by atoms with E-state index in [2.05, 4.69) is 26.8 Å². The molecule has 0 radical (unpaired) electrons. The zero-order chi connectivity index (χ0) is 21.1. The summed E-state index contributed by atoms with van der Waals surface area (Å²) in [5.41, 5.74) is 13.0. The molecule has 8 N–H and O–H groups in total. The van der Waals surface area contributed by atoms with Gasteiger partial charge in [-0.25, -0.2) is 9.82 Å². The van der Waals surface area contributed by atoms with Crippen LogP contribution in [0.3, 0.4) is 0 Å². The molecule has 3 aliphatic rings.